The van der Waals surface area contributed by atoms with E-state index in [0.29, 0.717) is 6.42 Å². The molecule has 0 radical (unpaired) electrons. The lowest BCUT2D eigenvalue weighted by molar-refractivity contribution is -0.384. The third-order valence-corrected chi connectivity index (χ3v) is 8.57. The average Bonchev–Trinajstić information content (AvgIpc) is 3.31. The van der Waals surface area contributed by atoms with Gasteiger partial charge < -0.3 is 53.6 Å². The van der Waals surface area contributed by atoms with Gasteiger partial charge in [0, 0.05) is 19.8 Å². The molecule has 2 fully saturated rings. The van der Waals surface area contributed by atoms with E-state index in [1.807, 2.05) is 0 Å². The molecule has 0 bridgehead atoms. The van der Waals surface area contributed by atoms with E-state index in [1.165, 1.54) is 25.7 Å². The Balaban J connectivity index is 2.34. The molecular formula is C35H60O15. The van der Waals surface area contributed by atoms with Gasteiger partial charge in [0.05, 0.1) is 19.1 Å². The van der Waals surface area contributed by atoms with Crippen molar-refractivity contribution in [1.82, 2.24) is 0 Å². The normalized spacial score (nSPS) is 29.6. The summed E-state index contributed by atoms with van der Waals surface area (Å²) in [7, 11) is 0. The summed E-state index contributed by atoms with van der Waals surface area (Å²) in [6.45, 7) is 7.32. The lowest BCUT2D eigenvalue weighted by atomic mass is 9.97. The Morgan fingerprint density at radius 1 is 0.740 bits per heavy atom. The molecule has 2 rings (SSSR count). The summed E-state index contributed by atoms with van der Waals surface area (Å²) in [5.74, 6) is -6.21. The molecule has 4 N–H and O–H groups in total. The van der Waals surface area contributed by atoms with Crippen LogP contribution in [0.2, 0.25) is 0 Å². The number of rotatable bonds is 22. The van der Waals surface area contributed by atoms with Crippen LogP contribution in [-0.2, 0) is 52.3 Å². The summed E-state index contributed by atoms with van der Waals surface area (Å²) in [4.78, 5) is 51.0. The fourth-order valence-corrected chi connectivity index (χ4v) is 5.91. The predicted molar refractivity (Wildman–Crippen MR) is 176 cm³/mol. The lowest BCUT2D eigenvalue weighted by Crippen LogP contribution is -2.65. The largest absolute Gasteiger partial charge is 0.455 e. The molecule has 0 saturated carbocycles. The third-order valence-electron chi connectivity index (χ3n) is 8.57. The molecule has 0 unspecified atom stereocenters. The molecule has 0 aromatic heterocycles. The van der Waals surface area contributed by atoms with Gasteiger partial charge in [0.25, 0.3) is 0 Å². The van der Waals surface area contributed by atoms with E-state index in [-0.39, 0.29) is 18.8 Å². The number of ether oxygens (including phenoxy) is 7. The first kappa shape index (κ1) is 43.8. The predicted octanol–water partition coefficient (Wildman–Crippen LogP) is 2.45. The molecule has 0 amide bonds. The van der Waals surface area contributed by atoms with Gasteiger partial charge in [-0.3, -0.25) is 19.2 Å². The summed E-state index contributed by atoms with van der Waals surface area (Å²) >= 11 is 0. The molecule has 0 spiro atoms. The number of unbranched alkanes of at least 4 members (excludes halogenated alkanes) is 8. The summed E-state index contributed by atoms with van der Waals surface area (Å²) in [5, 5.41) is 41.9. The first-order valence-electron chi connectivity index (χ1n) is 18.0. The van der Waals surface area contributed by atoms with E-state index in [0.717, 1.165) is 32.6 Å². The van der Waals surface area contributed by atoms with E-state index in [2.05, 4.69) is 6.92 Å². The van der Waals surface area contributed by atoms with Crippen molar-refractivity contribution in [2.24, 2.45) is 11.8 Å². The zero-order chi connectivity index (χ0) is 37.4. The fraction of sp³-hybridized carbons (Fsp3) is 0.886. The molecule has 2 aliphatic heterocycles. The molecule has 0 aliphatic carbocycles. The Labute approximate surface area is 295 Å². The van der Waals surface area contributed by atoms with E-state index < -0.39 is 104 Å². The summed E-state index contributed by atoms with van der Waals surface area (Å²) < 4.78 is 40.2. The van der Waals surface area contributed by atoms with Crippen molar-refractivity contribution >= 4 is 23.9 Å². The maximum atomic E-state index is 13.0. The number of aliphatic hydroxyl groups is 4. The van der Waals surface area contributed by atoms with Crippen LogP contribution in [0.4, 0.5) is 0 Å². The standard InChI is InChI=1S/C35H60O15/c1-7-8-9-10-11-12-13-14-15-16-26(40)47-32-28(42)24(18-36)49-35(32,20-38)50-34-31(44-23(6)39)30(48-33(43)22(4)5)29(25(19-37)45-34)46-27(41)17-21(2)3/h21-22,24-25,28-32,34,36-38,42H,7-20H2,1-6H3/t24-,25-,28-,29-,30+,31-,32+,34-,35+/m1/s1. The SMILES string of the molecule is CCCCCCCCCCCC(=O)O[C@H]1[C@H](O)[C@@H](CO)O[C@@]1(CO)O[C@H]1O[C@H](CO)[C@@H](OC(=O)CC(C)C)[C@H](OC(=O)C(C)C)[C@H]1OC(C)=O. The van der Waals surface area contributed by atoms with Crippen LogP contribution in [0.5, 0.6) is 0 Å². The highest BCUT2D eigenvalue weighted by molar-refractivity contribution is 5.72. The van der Waals surface area contributed by atoms with Crippen LogP contribution in [0.15, 0.2) is 0 Å². The Kier molecular flexibility index (Phi) is 19.1. The van der Waals surface area contributed by atoms with Crippen LogP contribution in [0.25, 0.3) is 0 Å². The highest BCUT2D eigenvalue weighted by Gasteiger charge is 2.62. The quantitative estimate of drug-likeness (QED) is 0.0718. The molecule has 2 heterocycles. The molecule has 9 atom stereocenters. The number of hydrogen-bond donors (Lipinski definition) is 4. The van der Waals surface area contributed by atoms with Gasteiger partial charge in [0.2, 0.25) is 12.1 Å². The van der Waals surface area contributed by atoms with Gasteiger partial charge in [-0.05, 0) is 12.3 Å². The Bertz CT molecular complexity index is 1050. The Hall–Kier alpha value is -2.40. The first-order valence-corrected chi connectivity index (χ1v) is 18.0. The molecule has 0 aromatic rings. The van der Waals surface area contributed by atoms with Crippen molar-refractivity contribution in [2.45, 2.75) is 167 Å². The number of hydrogen-bond acceptors (Lipinski definition) is 15. The van der Waals surface area contributed by atoms with Crippen LogP contribution >= 0.6 is 0 Å². The molecule has 15 heteroatoms. The maximum absolute atomic E-state index is 13.0. The number of aliphatic hydroxyl groups excluding tert-OH is 4. The zero-order valence-corrected chi connectivity index (χ0v) is 30.5. The van der Waals surface area contributed by atoms with Crippen LogP contribution < -0.4 is 0 Å². The molecule has 2 saturated heterocycles. The van der Waals surface area contributed by atoms with Gasteiger partial charge in [-0.1, -0.05) is 86.0 Å². The number of carbonyl (C=O) groups is 4. The maximum Gasteiger partial charge on any atom is 0.308 e. The molecular weight excluding hydrogens is 660 g/mol. The van der Waals surface area contributed by atoms with E-state index in [9.17, 15) is 39.6 Å². The van der Waals surface area contributed by atoms with Gasteiger partial charge in [0.1, 0.15) is 24.9 Å². The van der Waals surface area contributed by atoms with E-state index in [4.69, 9.17) is 33.2 Å². The third kappa shape index (κ3) is 13.0. The highest BCUT2D eigenvalue weighted by atomic mass is 16.8. The van der Waals surface area contributed by atoms with Crippen molar-refractivity contribution in [2.75, 3.05) is 19.8 Å². The van der Waals surface area contributed by atoms with Gasteiger partial charge >= 0.3 is 23.9 Å². The summed E-state index contributed by atoms with van der Waals surface area (Å²) in [5.41, 5.74) is 0. The van der Waals surface area contributed by atoms with Crippen molar-refractivity contribution in [3.63, 3.8) is 0 Å². The van der Waals surface area contributed by atoms with Crippen molar-refractivity contribution in [1.29, 1.82) is 0 Å². The average molecular weight is 721 g/mol. The Morgan fingerprint density at radius 2 is 1.34 bits per heavy atom. The van der Waals surface area contributed by atoms with Gasteiger partial charge in [-0.15, -0.1) is 0 Å². The molecule has 2 aliphatic rings. The van der Waals surface area contributed by atoms with E-state index >= 15 is 0 Å². The summed E-state index contributed by atoms with van der Waals surface area (Å²) in [6, 6.07) is 0. The smallest absolute Gasteiger partial charge is 0.308 e. The summed E-state index contributed by atoms with van der Waals surface area (Å²) in [6.07, 6.45) is -3.46. The van der Waals surface area contributed by atoms with Gasteiger partial charge in [-0.2, -0.15) is 0 Å². The van der Waals surface area contributed by atoms with Crippen LogP contribution in [0.3, 0.4) is 0 Å². The zero-order valence-electron chi connectivity index (χ0n) is 30.5. The molecule has 50 heavy (non-hydrogen) atoms. The Morgan fingerprint density at radius 3 is 1.86 bits per heavy atom. The first-order chi connectivity index (χ1) is 23.7. The molecule has 290 valence electrons. The second-order valence-electron chi connectivity index (χ2n) is 13.8. The van der Waals surface area contributed by atoms with Gasteiger partial charge in [0.15, 0.2) is 24.4 Å². The van der Waals surface area contributed by atoms with E-state index in [1.54, 1.807) is 27.7 Å². The number of esters is 4. The second-order valence-corrected chi connectivity index (χ2v) is 13.8. The van der Waals surface area contributed by atoms with Crippen molar-refractivity contribution in [3.05, 3.63) is 0 Å². The second kappa shape index (κ2) is 21.8. The molecule has 0 aromatic carbocycles. The van der Waals surface area contributed by atoms with Crippen molar-refractivity contribution < 1.29 is 72.8 Å². The number of carbonyl (C=O) groups excluding carboxylic acids is 4. The topological polar surface area (TPSA) is 214 Å². The molecule has 15 nitrogen and oxygen atoms in total. The van der Waals surface area contributed by atoms with Gasteiger partial charge in [-0.25, -0.2) is 0 Å². The van der Waals surface area contributed by atoms with Crippen LogP contribution in [0, 0.1) is 11.8 Å². The fourth-order valence-electron chi connectivity index (χ4n) is 5.91. The van der Waals surface area contributed by atoms with Crippen LogP contribution in [-0.4, -0.2) is 119 Å². The van der Waals surface area contributed by atoms with Crippen LogP contribution in [0.1, 0.15) is 112 Å². The monoisotopic (exact) mass is 720 g/mol. The van der Waals surface area contributed by atoms with Crippen molar-refractivity contribution in [3.8, 4) is 0 Å². The minimum Gasteiger partial charge on any atom is -0.455 e. The lowest BCUT2D eigenvalue weighted by Gasteiger charge is -2.46. The minimum absolute atomic E-state index is 0.00357. The minimum atomic E-state index is -2.38. The highest BCUT2D eigenvalue weighted by Crippen LogP contribution is 2.39.